The molecule has 3 rings (SSSR count). The Balaban J connectivity index is 1.77. The van der Waals surface area contributed by atoms with Gasteiger partial charge in [0.05, 0.1) is 12.3 Å². The van der Waals surface area contributed by atoms with E-state index < -0.39 is 11.8 Å². The largest absolute Gasteiger partial charge is 0.489 e. The summed E-state index contributed by atoms with van der Waals surface area (Å²) in [6.07, 6.45) is 0. The highest BCUT2D eigenvalue weighted by Gasteiger charge is 2.20. The predicted octanol–water partition coefficient (Wildman–Crippen LogP) is 4.37. The van der Waals surface area contributed by atoms with E-state index in [-0.39, 0.29) is 18.8 Å². The molecule has 0 N–H and O–H groups in total. The van der Waals surface area contributed by atoms with Crippen LogP contribution >= 0.6 is 11.6 Å². The van der Waals surface area contributed by atoms with E-state index in [1.54, 1.807) is 49.0 Å². The molecule has 0 spiro atoms. The number of nitrogens with zero attached hydrogens (tertiary/aromatic N) is 2. The van der Waals surface area contributed by atoms with Crippen LogP contribution in [-0.4, -0.2) is 28.1 Å². The monoisotopic (exact) mass is 412 g/mol. The van der Waals surface area contributed by atoms with Gasteiger partial charge in [0, 0.05) is 29.8 Å². The number of ketones is 1. The van der Waals surface area contributed by atoms with Crippen LogP contribution < -0.4 is 4.74 Å². The maximum atomic E-state index is 12.3. The summed E-state index contributed by atoms with van der Waals surface area (Å²) in [6, 6.07) is 14.4. The number of benzene rings is 2. The number of carbonyl (C=O) groups excluding carboxylic acids is 2. The fraction of sp³-hybridized carbons (Fsp3) is 0.227. The number of hydrogen-bond donors (Lipinski definition) is 0. The molecule has 0 atom stereocenters. The summed E-state index contributed by atoms with van der Waals surface area (Å²) in [6.45, 7) is 3.89. The highest BCUT2D eigenvalue weighted by atomic mass is 35.5. The van der Waals surface area contributed by atoms with E-state index in [9.17, 15) is 9.59 Å². The number of aryl methyl sites for hydroxylation is 2. The van der Waals surface area contributed by atoms with Gasteiger partial charge in [0.15, 0.2) is 0 Å². The van der Waals surface area contributed by atoms with Crippen molar-refractivity contribution in [3.05, 3.63) is 70.4 Å². The Morgan fingerprint density at radius 2 is 1.90 bits per heavy atom. The van der Waals surface area contributed by atoms with E-state index in [2.05, 4.69) is 5.10 Å². The third-order valence-electron chi connectivity index (χ3n) is 4.40. The lowest BCUT2D eigenvalue weighted by Gasteiger charge is -2.12. The first-order valence-electron chi connectivity index (χ1n) is 9.13. The highest BCUT2D eigenvalue weighted by Crippen LogP contribution is 2.27. The van der Waals surface area contributed by atoms with Gasteiger partial charge in [-0.3, -0.25) is 9.48 Å². The smallest absolute Gasteiger partial charge is 0.379 e. The van der Waals surface area contributed by atoms with Crippen molar-refractivity contribution in [1.29, 1.82) is 0 Å². The Labute approximate surface area is 174 Å². The summed E-state index contributed by atoms with van der Waals surface area (Å²) in [5, 5.41) is 4.93. The second-order valence-electron chi connectivity index (χ2n) is 6.45. The Morgan fingerprint density at radius 1 is 1.14 bits per heavy atom. The van der Waals surface area contributed by atoms with E-state index in [1.807, 2.05) is 25.1 Å². The lowest BCUT2D eigenvalue weighted by atomic mass is 10.0. The maximum Gasteiger partial charge on any atom is 0.379 e. The zero-order valence-corrected chi connectivity index (χ0v) is 17.2. The van der Waals surface area contributed by atoms with Crippen molar-refractivity contribution in [3.8, 4) is 17.0 Å². The summed E-state index contributed by atoms with van der Waals surface area (Å²) < 4.78 is 12.3. The van der Waals surface area contributed by atoms with Gasteiger partial charge in [-0.2, -0.15) is 5.10 Å². The first-order chi connectivity index (χ1) is 13.9. The number of ether oxygens (including phenoxy) is 2. The topological polar surface area (TPSA) is 70.4 Å². The molecule has 1 heterocycles. The Morgan fingerprint density at radius 3 is 2.55 bits per heavy atom. The van der Waals surface area contributed by atoms with Gasteiger partial charge < -0.3 is 9.47 Å². The van der Waals surface area contributed by atoms with E-state index >= 15 is 0 Å². The SMILES string of the molecule is CCOC(=O)C(=O)c1ccccc1COc1ccc(-c2cc(Cl)n(C)n2)cc1C. The number of aromatic nitrogens is 2. The van der Waals surface area contributed by atoms with Crippen LogP contribution in [-0.2, 0) is 23.2 Å². The van der Waals surface area contributed by atoms with Gasteiger partial charge in [-0.05, 0) is 37.6 Å². The molecule has 0 aliphatic heterocycles. The van der Waals surface area contributed by atoms with Crippen molar-refractivity contribution in [2.24, 2.45) is 7.05 Å². The Bertz CT molecular complexity index is 1040. The zero-order chi connectivity index (χ0) is 21.0. The van der Waals surface area contributed by atoms with Crippen LogP contribution in [0.3, 0.4) is 0 Å². The molecule has 0 amide bonds. The van der Waals surface area contributed by atoms with Gasteiger partial charge in [-0.1, -0.05) is 35.9 Å². The minimum absolute atomic E-state index is 0.149. The molecule has 0 fully saturated rings. The van der Waals surface area contributed by atoms with Crippen molar-refractivity contribution >= 4 is 23.4 Å². The van der Waals surface area contributed by atoms with E-state index in [0.717, 1.165) is 16.8 Å². The first kappa shape index (κ1) is 20.6. The Hall–Kier alpha value is -3.12. The predicted molar refractivity (Wildman–Crippen MR) is 110 cm³/mol. The molecule has 0 saturated heterocycles. The molecule has 0 unspecified atom stereocenters. The first-order valence-corrected chi connectivity index (χ1v) is 9.51. The summed E-state index contributed by atoms with van der Waals surface area (Å²) in [5.41, 5.74) is 3.51. The molecule has 150 valence electrons. The number of rotatable bonds is 7. The summed E-state index contributed by atoms with van der Waals surface area (Å²) in [4.78, 5) is 24.1. The van der Waals surface area contributed by atoms with Crippen molar-refractivity contribution in [2.45, 2.75) is 20.5 Å². The fourth-order valence-corrected chi connectivity index (χ4v) is 3.03. The van der Waals surface area contributed by atoms with Gasteiger partial charge in [-0.25, -0.2) is 4.79 Å². The van der Waals surface area contributed by atoms with Crippen molar-refractivity contribution < 1.29 is 19.1 Å². The van der Waals surface area contributed by atoms with E-state index in [1.165, 1.54) is 0 Å². The number of carbonyl (C=O) groups is 2. The van der Waals surface area contributed by atoms with Gasteiger partial charge >= 0.3 is 5.97 Å². The third-order valence-corrected chi connectivity index (χ3v) is 4.75. The quantitative estimate of drug-likeness (QED) is 0.327. The van der Waals surface area contributed by atoms with Crippen molar-refractivity contribution in [3.63, 3.8) is 0 Å². The number of halogens is 1. The van der Waals surface area contributed by atoms with E-state index in [0.29, 0.717) is 16.5 Å². The average Bonchev–Trinajstić information content (AvgIpc) is 3.05. The fourth-order valence-electron chi connectivity index (χ4n) is 2.89. The molecule has 1 aromatic heterocycles. The molecular formula is C22H21ClN2O4. The highest BCUT2D eigenvalue weighted by molar-refractivity contribution is 6.41. The molecule has 2 aromatic carbocycles. The number of Topliss-reactive ketones (excluding diaryl/α,β-unsaturated/α-hetero) is 1. The Kier molecular flexibility index (Phi) is 6.34. The molecule has 0 aliphatic rings. The minimum atomic E-state index is -0.866. The van der Waals surface area contributed by atoms with Crippen LogP contribution in [0.4, 0.5) is 0 Å². The molecule has 0 bridgehead atoms. The molecule has 6 nitrogen and oxygen atoms in total. The van der Waals surface area contributed by atoms with Crippen LogP contribution in [0.5, 0.6) is 5.75 Å². The van der Waals surface area contributed by atoms with Gasteiger partial charge in [-0.15, -0.1) is 0 Å². The van der Waals surface area contributed by atoms with Crippen molar-refractivity contribution in [1.82, 2.24) is 9.78 Å². The average molecular weight is 413 g/mol. The van der Waals surface area contributed by atoms with E-state index in [4.69, 9.17) is 21.1 Å². The molecule has 7 heteroatoms. The third kappa shape index (κ3) is 4.66. The van der Waals surface area contributed by atoms with Crippen molar-refractivity contribution in [2.75, 3.05) is 6.61 Å². The molecular weight excluding hydrogens is 392 g/mol. The lowest BCUT2D eigenvalue weighted by molar-refractivity contribution is -0.137. The minimum Gasteiger partial charge on any atom is -0.489 e. The second kappa shape index (κ2) is 8.92. The number of hydrogen-bond acceptors (Lipinski definition) is 5. The molecule has 3 aromatic rings. The molecule has 0 aliphatic carbocycles. The second-order valence-corrected chi connectivity index (χ2v) is 6.84. The summed E-state index contributed by atoms with van der Waals surface area (Å²) in [5.74, 6) is -0.867. The standard InChI is InChI=1S/C22H21ClN2O4/c1-4-28-22(27)21(26)17-8-6-5-7-16(17)13-29-19-10-9-15(11-14(19)2)18-12-20(23)25(3)24-18/h5-12H,4,13H2,1-3H3. The lowest BCUT2D eigenvalue weighted by Crippen LogP contribution is -2.19. The molecule has 29 heavy (non-hydrogen) atoms. The normalized spacial score (nSPS) is 10.6. The van der Waals surface area contributed by atoms with Gasteiger partial charge in [0.25, 0.3) is 5.78 Å². The van der Waals surface area contributed by atoms with Crippen LogP contribution in [0.1, 0.15) is 28.4 Å². The van der Waals surface area contributed by atoms with Crippen LogP contribution in [0.25, 0.3) is 11.3 Å². The van der Waals surface area contributed by atoms with Crippen LogP contribution in [0.15, 0.2) is 48.5 Å². The molecule has 0 saturated carbocycles. The summed E-state index contributed by atoms with van der Waals surface area (Å²) in [7, 11) is 1.78. The number of esters is 1. The van der Waals surface area contributed by atoms with Gasteiger partial charge in [0.2, 0.25) is 0 Å². The van der Waals surface area contributed by atoms with Gasteiger partial charge in [0.1, 0.15) is 17.5 Å². The maximum absolute atomic E-state index is 12.3. The summed E-state index contributed by atoms with van der Waals surface area (Å²) >= 11 is 6.07. The zero-order valence-electron chi connectivity index (χ0n) is 16.4. The van der Waals surface area contributed by atoms with Crippen LogP contribution in [0.2, 0.25) is 5.15 Å². The van der Waals surface area contributed by atoms with Crippen LogP contribution in [0, 0.1) is 6.92 Å². The molecule has 0 radical (unpaired) electrons.